The lowest BCUT2D eigenvalue weighted by atomic mass is 9.88. The van der Waals surface area contributed by atoms with E-state index in [0.29, 0.717) is 18.7 Å². The Morgan fingerprint density at radius 1 is 0.821 bits per heavy atom. The lowest BCUT2D eigenvalue weighted by molar-refractivity contribution is -0.138. The van der Waals surface area contributed by atoms with E-state index in [1.165, 1.54) is 0 Å². The fourth-order valence-corrected chi connectivity index (χ4v) is 3.35. The third kappa shape index (κ3) is 3.94. The summed E-state index contributed by atoms with van der Waals surface area (Å²) in [7, 11) is 0. The van der Waals surface area contributed by atoms with Gasteiger partial charge in [-0.3, -0.25) is 0 Å². The number of hydrogen-bond acceptors (Lipinski definition) is 3. The normalized spacial score (nSPS) is 18.9. The largest absolute Gasteiger partial charge is 0.405 e. The number of nitrogens with zero attached hydrogens (tertiary/aromatic N) is 1. The third-order valence-electron chi connectivity index (χ3n) is 4.81. The number of hydrogen-bond donors (Lipinski definition) is 0. The van der Waals surface area contributed by atoms with Crippen LogP contribution in [0.1, 0.15) is 23.1 Å². The Hall–Kier alpha value is -3.46. The quantitative estimate of drug-likeness (QED) is 0.570. The number of cyclic esters (lactones) is 1. The zero-order valence-electron chi connectivity index (χ0n) is 15.5. The van der Waals surface area contributed by atoms with Crippen LogP contribution in [-0.4, -0.2) is 17.4 Å². The molecule has 138 valence electrons. The van der Waals surface area contributed by atoms with Gasteiger partial charge in [-0.25, -0.2) is 9.79 Å². The Labute approximate surface area is 165 Å². The van der Waals surface area contributed by atoms with Crippen molar-refractivity contribution < 1.29 is 9.53 Å². The van der Waals surface area contributed by atoms with Crippen molar-refractivity contribution >= 4 is 17.9 Å². The van der Waals surface area contributed by atoms with Gasteiger partial charge < -0.3 is 4.74 Å². The van der Waals surface area contributed by atoms with Crippen LogP contribution in [0.3, 0.4) is 0 Å². The Bertz CT molecular complexity index is 994. The fraction of sp³-hybridized carbons (Fsp3) is 0.120. The molecule has 0 amide bonds. The molecule has 0 radical (unpaired) electrons. The molecule has 0 bridgehead atoms. The highest BCUT2D eigenvalue weighted by atomic mass is 16.6. The van der Waals surface area contributed by atoms with Crippen molar-refractivity contribution in [1.29, 1.82) is 0 Å². The van der Waals surface area contributed by atoms with Crippen molar-refractivity contribution in [2.45, 2.75) is 18.4 Å². The summed E-state index contributed by atoms with van der Waals surface area (Å²) < 4.78 is 5.62. The molecular formula is C25H21NO2. The summed E-state index contributed by atoms with van der Waals surface area (Å²) in [6.07, 6.45) is 5.01. The Balaban J connectivity index is 1.66. The number of aliphatic imine (C=N–C) groups is 1. The van der Waals surface area contributed by atoms with E-state index in [2.05, 4.69) is 0 Å². The summed E-state index contributed by atoms with van der Waals surface area (Å²) in [5.41, 5.74) is 2.03. The molecule has 0 saturated heterocycles. The maximum absolute atomic E-state index is 13.0. The molecule has 0 saturated carbocycles. The van der Waals surface area contributed by atoms with E-state index in [9.17, 15) is 4.79 Å². The van der Waals surface area contributed by atoms with Gasteiger partial charge in [0.05, 0.1) is 0 Å². The summed E-state index contributed by atoms with van der Waals surface area (Å²) in [5.74, 6) is 0.0996. The van der Waals surface area contributed by atoms with Crippen LogP contribution in [0.4, 0.5) is 0 Å². The summed E-state index contributed by atoms with van der Waals surface area (Å²) >= 11 is 0. The minimum Gasteiger partial charge on any atom is -0.405 e. The first-order chi connectivity index (χ1) is 13.8. The SMILES string of the molecule is O=C1OC(c2ccccc2)=N[C@@]1(C/C=C/c1ccccc1)Cc1ccccc1. The van der Waals surface area contributed by atoms with E-state index in [1.807, 2.05) is 103 Å². The van der Waals surface area contributed by atoms with E-state index in [4.69, 9.17) is 9.73 Å². The highest BCUT2D eigenvalue weighted by Gasteiger charge is 2.45. The maximum Gasteiger partial charge on any atom is 0.341 e. The topological polar surface area (TPSA) is 38.7 Å². The molecule has 0 N–H and O–H groups in total. The molecule has 1 aliphatic rings. The monoisotopic (exact) mass is 367 g/mol. The Morgan fingerprint density at radius 2 is 1.43 bits per heavy atom. The molecule has 3 aromatic rings. The first-order valence-corrected chi connectivity index (χ1v) is 9.38. The molecule has 0 aromatic heterocycles. The number of carbonyl (C=O) groups is 1. The summed E-state index contributed by atoms with van der Waals surface area (Å²) in [4.78, 5) is 17.7. The number of rotatable bonds is 6. The van der Waals surface area contributed by atoms with Crippen molar-refractivity contribution in [3.63, 3.8) is 0 Å². The summed E-state index contributed by atoms with van der Waals surface area (Å²) in [6, 6.07) is 29.6. The smallest absolute Gasteiger partial charge is 0.341 e. The Morgan fingerprint density at radius 3 is 2.11 bits per heavy atom. The van der Waals surface area contributed by atoms with Crippen molar-refractivity contribution in [1.82, 2.24) is 0 Å². The zero-order chi connectivity index (χ0) is 19.2. The van der Waals surface area contributed by atoms with Gasteiger partial charge in [0.1, 0.15) is 0 Å². The summed E-state index contributed by atoms with van der Waals surface area (Å²) in [5, 5.41) is 0. The molecule has 1 aliphatic heterocycles. The molecule has 0 unspecified atom stereocenters. The van der Waals surface area contributed by atoms with Crippen LogP contribution >= 0.6 is 0 Å². The van der Waals surface area contributed by atoms with E-state index in [1.54, 1.807) is 0 Å². The molecular weight excluding hydrogens is 346 g/mol. The third-order valence-corrected chi connectivity index (χ3v) is 4.81. The second-order valence-electron chi connectivity index (χ2n) is 6.88. The van der Waals surface area contributed by atoms with E-state index in [-0.39, 0.29) is 5.97 Å². The standard InChI is InChI=1S/C25H21NO2/c27-24-25(19-21-13-6-2-7-14-21,18-10-15-20-11-4-1-5-12-20)26-23(28-24)22-16-8-3-9-17-22/h1-17H,18-19H2/b15-10+/t25-/m0/s1. The summed E-state index contributed by atoms with van der Waals surface area (Å²) in [6.45, 7) is 0. The minimum absolute atomic E-state index is 0.298. The molecule has 3 aromatic carbocycles. The van der Waals surface area contributed by atoms with Crippen LogP contribution in [0.25, 0.3) is 6.08 Å². The molecule has 0 fully saturated rings. The van der Waals surface area contributed by atoms with Crippen LogP contribution in [-0.2, 0) is 16.0 Å². The van der Waals surface area contributed by atoms with E-state index in [0.717, 1.165) is 16.7 Å². The molecule has 0 spiro atoms. The van der Waals surface area contributed by atoms with Crippen LogP contribution in [0, 0.1) is 0 Å². The molecule has 3 heteroatoms. The second kappa shape index (κ2) is 8.05. The average Bonchev–Trinajstić information content (AvgIpc) is 3.06. The van der Waals surface area contributed by atoms with E-state index >= 15 is 0 Å². The molecule has 28 heavy (non-hydrogen) atoms. The first kappa shape index (κ1) is 17.9. The van der Waals surface area contributed by atoms with Crippen molar-refractivity contribution in [2.24, 2.45) is 4.99 Å². The van der Waals surface area contributed by atoms with Gasteiger partial charge in [0.15, 0.2) is 5.54 Å². The molecule has 3 nitrogen and oxygen atoms in total. The van der Waals surface area contributed by atoms with Crippen molar-refractivity contribution in [3.8, 4) is 0 Å². The number of benzene rings is 3. The van der Waals surface area contributed by atoms with Gasteiger partial charge in [-0.15, -0.1) is 0 Å². The molecule has 1 heterocycles. The van der Waals surface area contributed by atoms with Gasteiger partial charge in [-0.1, -0.05) is 91.0 Å². The van der Waals surface area contributed by atoms with Gasteiger partial charge in [-0.05, 0) is 23.3 Å². The second-order valence-corrected chi connectivity index (χ2v) is 6.88. The first-order valence-electron chi connectivity index (χ1n) is 9.38. The van der Waals surface area contributed by atoms with Crippen LogP contribution in [0.5, 0.6) is 0 Å². The predicted molar refractivity (Wildman–Crippen MR) is 112 cm³/mol. The van der Waals surface area contributed by atoms with Gasteiger partial charge in [-0.2, -0.15) is 0 Å². The highest BCUT2D eigenvalue weighted by molar-refractivity contribution is 6.08. The maximum atomic E-state index is 13.0. The van der Waals surface area contributed by atoms with Gasteiger partial charge in [0.25, 0.3) is 0 Å². The van der Waals surface area contributed by atoms with E-state index < -0.39 is 5.54 Å². The number of carbonyl (C=O) groups excluding carboxylic acids is 1. The number of ether oxygens (including phenoxy) is 1. The average molecular weight is 367 g/mol. The predicted octanol–water partition coefficient (Wildman–Crippen LogP) is 5.08. The Kier molecular flexibility index (Phi) is 5.16. The van der Waals surface area contributed by atoms with Gasteiger partial charge >= 0.3 is 5.97 Å². The van der Waals surface area contributed by atoms with Crippen molar-refractivity contribution in [3.05, 3.63) is 114 Å². The van der Waals surface area contributed by atoms with Crippen molar-refractivity contribution in [2.75, 3.05) is 0 Å². The lowest BCUT2D eigenvalue weighted by Crippen LogP contribution is -2.36. The minimum atomic E-state index is -0.947. The highest BCUT2D eigenvalue weighted by Crippen LogP contribution is 2.31. The lowest BCUT2D eigenvalue weighted by Gasteiger charge is -2.20. The molecule has 1 atom stereocenters. The zero-order valence-corrected chi connectivity index (χ0v) is 15.5. The fourth-order valence-electron chi connectivity index (χ4n) is 3.35. The van der Waals surface area contributed by atoms with Gasteiger partial charge in [0, 0.05) is 18.4 Å². The molecule has 0 aliphatic carbocycles. The van der Waals surface area contributed by atoms with Crippen LogP contribution in [0.15, 0.2) is 102 Å². The van der Waals surface area contributed by atoms with Crippen LogP contribution in [0.2, 0.25) is 0 Å². The molecule has 4 rings (SSSR count). The number of esters is 1. The van der Waals surface area contributed by atoms with Gasteiger partial charge in [0.2, 0.25) is 5.90 Å². The van der Waals surface area contributed by atoms with Crippen LogP contribution < -0.4 is 0 Å².